The maximum absolute atomic E-state index is 5.78. The lowest BCUT2D eigenvalue weighted by molar-refractivity contribution is 0.162. The highest BCUT2D eigenvalue weighted by Crippen LogP contribution is 2.27. The van der Waals surface area contributed by atoms with E-state index in [-0.39, 0.29) is 11.5 Å². The molecule has 0 spiro atoms. The van der Waals surface area contributed by atoms with Crippen molar-refractivity contribution in [3.8, 4) is 0 Å². The number of methoxy groups -OCH3 is 1. The summed E-state index contributed by atoms with van der Waals surface area (Å²) in [4.78, 5) is 4.35. The van der Waals surface area contributed by atoms with Gasteiger partial charge in [0.05, 0.1) is 19.8 Å². The van der Waals surface area contributed by atoms with Crippen molar-refractivity contribution >= 4 is 5.96 Å². The van der Waals surface area contributed by atoms with Gasteiger partial charge in [-0.1, -0.05) is 6.92 Å². The smallest absolute Gasteiger partial charge is 0.188 e. The highest BCUT2D eigenvalue weighted by atomic mass is 16.5. The number of aliphatic imine (C=N–C) groups is 1. The number of nitrogens with zero attached hydrogens (tertiary/aromatic N) is 1. The van der Waals surface area contributed by atoms with Crippen LogP contribution in [0.3, 0.4) is 0 Å². The van der Waals surface area contributed by atoms with Gasteiger partial charge in [-0.3, -0.25) is 4.99 Å². The predicted molar refractivity (Wildman–Crippen MR) is 64.5 cm³/mol. The molecule has 5 nitrogen and oxygen atoms in total. The van der Waals surface area contributed by atoms with E-state index in [1.807, 2.05) is 6.92 Å². The van der Waals surface area contributed by atoms with Gasteiger partial charge in [-0.2, -0.15) is 0 Å². The van der Waals surface area contributed by atoms with Gasteiger partial charge in [-0.05, 0) is 13.3 Å². The van der Waals surface area contributed by atoms with Crippen molar-refractivity contribution in [1.82, 2.24) is 5.32 Å². The highest BCUT2D eigenvalue weighted by molar-refractivity contribution is 5.78. The number of hydrogen-bond acceptors (Lipinski definition) is 3. The maximum Gasteiger partial charge on any atom is 0.188 e. The first-order chi connectivity index (χ1) is 7.56. The zero-order chi connectivity index (χ0) is 12.0. The van der Waals surface area contributed by atoms with Crippen LogP contribution in [0.15, 0.2) is 4.99 Å². The largest absolute Gasteiger partial charge is 0.383 e. The van der Waals surface area contributed by atoms with E-state index in [9.17, 15) is 0 Å². The van der Waals surface area contributed by atoms with Crippen LogP contribution >= 0.6 is 0 Å². The van der Waals surface area contributed by atoms with Crippen molar-refractivity contribution in [3.63, 3.8) is 0 Å². The topological polar surface area (TPSA) is 68.9 Å². The van der Waals surface area contributed by atoms with Crippen molar-refractivity contribution in [2.75, 3.05) is 33.5 Å². The molecule has 1 fully saturated rings. The van der Waals surface area contributed by atoms with Crippen molar-refractivity contribution in [2.45, 2.75) is 26.3 Å². The molecule has 16 heavy (non-hydrogen) atoms. The van der Waals surface area contributed by atoms with Crippen LogP contribution in [0.1, 0.15) is 20.3 Å². The fraction of sp³-hybridized carbons (Fsp3) is 0.909. The van der Waals surface area contributed by atoms with E-state index < -0.39 is 0 Å². The summed E-state index contributed by atoms with van der Waals surface area (Å²) in [5, 5.41) is 3.08. The average Bonchev–Trinajstić information content (AvgIpc) is 2.63. The molecule has 0 bridgehead atoms. The Bertz CT molecular complexity index is 237. The Morgan fingerprint density at radius 1 is 1.69 bits per heavy atom. The van der Waals surface area contributed by atoms with Gasteiger partial charge < -0.3 is 20.5 Å². The van der Waals surface area contributed by atoms with Crippen molar-refractivity contribution in [2.24, 2.45) is 16.1 Å². The summed E-state index contributed by atoms with van der Waals surface area (Å²) in [6.07, 6.45) is 1.05. The molecule has 0 aromatic carbocycles. The number of hydrogen-bond donors (Lipinski definition) is 2. The Morgan fingerprint density at radius 3 is 3.00 bits per heavy atom. The Kier molecular flexibility index (Phi) is 5.02. The Labute approximate surface area is 97.4 Å². The maximum atomic E-state index is 5.78. The van der Waals surface area contributed by atoms with Crippen LogP contribution in [0.5, 0.6) is 0 Å². The van der Waals surface area contributed by atoms with Gasteiger partial charge in [0, 0.05) is 25.2 Å². The SMILES string of the molecule is COCC(C)NC(N)=NCC1(C)CCOC1. The van der Waals surface area contributed by atoms with E-state index in [1.54, 1.807) is 7.11 Å². The molecule has 1 heterocycles. The van der Waals surface area contributed by atoms with E-state index in [1.165, 1.54) is 0 Å². The third kappa shape index (κ3) is 4.37. The molecule has 1 aliphatic rings. The molecular formula is C11H23N3O2. The Morgan fingerprint density at radius 2 is 2.44 bits per heavy atom. The zero-order valence-electron chi connectivity index (χ0n) is 10.5. The normalized spacial score (nSPS) is 28.1. The molecule has 0 radical (unpaired) electrons. The second kappa shape index (κ2) is 6.06. The van der Waals surface area contributed by atoms with Gasteiger partial charge in [0.15, 0.2) is 5.96 Å². The van der Waals surface area contributed by atoms with E-state index in [0.29, 0.717) is 19.1 Å². The second-order valence-corrected chi connectivity index (χ2v) is 4.82. The average molecular weight is 229 g/mol. The minimum Gasteiger partial charge on any atom is -0.383 e. The van der Waals surface area contributed by atoms with Gasteiger partial charge in [-0.15, -0.1) is 0 Å². The lowest BCUT2D eigenvalue weighted by atomic mass is 9.90. The van der Waals surface area contributed by atoms with Crippen molar-refractivity contribution in [3.05, 3.63) is 0 Å². The minimum atomic E-state index is 0.150. The summed E-state index contributed by atoms with van der Waals surface area (Å²) in [7, 11) is 1.67. The number of rotatable bonds is 5. The first-order valence-corrected chi connectivity index (χ1v) is 5.69. The predicted octanol–water partition coefficient (Wildman–Crippen LogP) is 0.352. The number of nitrogens with one attached hydrogen (secondary N) is 1. The molecule has 3 N–H and O–H groups in total. The summed E-state index contributed by atoms with van der Waals surface area (Å²) in [5.41, 5.74) is 5.93. The Hall–Kier alpha value is -0.810. The van der Waals surface area contributed by atoms with E-state index >= 15 is 0 Å². The van der Waals surface area contributed by atoms with Gasteiger partial charge in [0.25, 0.3) is 0 Å². The lowest BCUT2D eigenvalue weighted by Crippen LogP contribution is -2.41. The van der Waals surface area contributed by atoms with E-state index in [4.69, 9.17) is 15.2 Å². The molecule has 0 saturated carbocycles. The lowest BCUT2D eigenvalue weighted by Gasteiger charge is -2.19. The fourth-order valence-electron chi connectivity index (χ4n) is 1.70. The standard InChI is InChI=1S/C11H23N3O2/c1-9(6-15-3)14-10(12)13-7-11(2)4-5-16-8-11/h9H,4-8H2,1-3H3,(H3,12,13,14). The number of nitrogens with two attached hydrogens (primary N) is 1. The summed E-state index contributed by atoms with van der Waals surface area (Å²) in [5.74, 6) is 0.484. The molecule has 0 aromatic heterocycles. The molecule has 0 amide bonds. The third-order valence-corrected chi connectivity index (χ3v) is 2.74. The summed E-state index contributed by atoms with van der Waals surface area (Å²) in [6.45, 7) is 7.13. The summed E-state index contributed by atoms with van der Waals surface area (Å²) in [6, 6.07) is 0.182. The van der Waals surface area contributed by atoms with Crippen molar-refractivity contribution in [1.29, 1.82) is 0 Å². The van der Waals surface area contributed by atoms with Crippen LogP contribution in [0.25, 0.3) is 0 Å². The molecule has 94 valence electrons. The van der Waals surface area contributed by atoms with Crippen LogP contribution in [-0.2, 0) is 9.47 Å². The minimum absolute atomic E-state index is 0.150. The molecule has 1 saturated heterocycles. The number of ether oxygens (including phenoxy) is 2. The van der Waals surface area contributed by atoms with Crippen LogP contribution in [-0.4, -0.2) is 45.5 Å². The Balaban J connectivity index is 2.32. The van der Waals surface area contributed by atoms with Gasteiger partial charge in [0.1, 0.15) is 0 Å². The molecule has 1 rings (SSSR count). The summed E-state index contributed by atoms with van der Waals surface area (Å²) >= 11 is 0. The molecule has 2 atom stereocenters. The van der Waals surface area contributed by atoms with Crippen LogP contribution < -0.4 is 11.1 Å². The first kappa shape index (κ1) is 13.3. The summed E-state index contributed by atoms with van der Waals surface area (Å²) < 4.78 is 10.4. The number of guanidine groups is 1. The fourth-order valence-corrected chi connectivity index (χ4v) is 1.70. The molecule has 0 aromatic rings. The molecule has 2 unspecified atom stereocenters. The van der Waals surface area contributed by atoms with E-state index in [2.05, 4.69) is 17.2 Å². The van der Waals surface area contributed by atoms with Crippen LogP contribution in [0, 0.1) is 5.41 Å². The van der Waals surface area contributed by atoms with Crippen molar-refractivity contribution < 1.29 is 9.47 Å². The molecule has 5 heteroatoms. The molecule has 1 aliphatic heterocycles. The van der Waals surface area contributed by atoms with E-state index in [0.717, 1.165) is 19.6 Å². The van der Waals surface area contributed by atoms with Crippen LogP contribution in [0.2, 0.25) is 0 Å². The first-order valence-electron chi connectivity index (χ1n) is 5.69. The van der Waals surface area contributed by atoms with Gasteiger partial charge in [-0.25, -0.2) is 0 Å². The molecular weight excluding hydrogens is 206 g/mol. The van der Waals surface area contributed by atoms with Crippen LogP contribution in [0.4, 0.5) is 0 Å². The zero-order valence-corrected chi connectivity index (χ0v) is 10.5. The second-order valence-electron chi connectivity index (χ2n) is 4.82. The third-order valence-electron chi connectivity index (χ3n) is 2.74. The molecule has 0 aliphatic carbocycles. The van der Waals surface area contributed by atoms with Gasteiger partial charge >= 0.3 is 0 Å². The quantitative estimate of drug-likeness (QED) is 0.527. The van der Waals surface area contributed by atoms with Gasteiger partial charge in [0.2, 0.25) is 0 Å². The highest BCUT2D eigenvalue weighted by Gasteiger charge is 2.29. The monoisotopic (exact) mass is 229 g/mol.